The Balaban J connectivity index is 1.83. The van der Waals surface area contributed by atoms with Crippen molar-refractivity contribution >= 4 is 28.2 Å². The molecule has 0 saturated heterocycles. The van der Waals surface area contributed by atoms with E-state index >= 15 is 0 Å². The average molecular weight is 338 g/mol. The predicted octanol–water partition coefficient (Wildman–Crippen LogP) is 3.66. The van der Waals surface area contributed by atoms with Crippen LogP contribution >= 0.6 is 0 Å². The highest BCUT2D eigenvalue weighted by molar-refractivity contribution is 6.07. The summed E-state index contributed by atoms with van der Waals surface area (Å²) < 4.78 is 2.15. The smallest absolute Gasteiger partial charge is 0.209 e. The third kappa shape index (κ3) is 3.85. The van der Waals surface area contributed by atoms with E-state index in [9.17, 15) is 9.90 Å². The Morgan fingerprint density at radius 2 is 1.60 bits per heavy atom. The van der Waals surface area contributed by atoms with E-state index in [-0.39, 0.29) is 0 Å². The Morgan fingerprint density at radius 3 is 2.12 bits per heavy atom. The Kier molecular flexibility index (Phi) is 5.39. The van der Waals surface area contributed by atoms with Gasteiger partial charge in [-0.05, 0) is 24.5 Å². The lowest BCUT2D eigenvalue weighted by Gasteiger charge is -2.22. The number of para-hydroxylation sites is 2. The summed E-state index contributed by atoms with van der Waals surface area (Å²) in [5, 5.41) is 13.0. The van der Waals surface area contributed by atoms with Gasteiger partial charge < -0.3 is 14.6 Å². The number of hydrogen-bond acceptors (Lipinski definition) is 2. The van der Waals surface area contributed by atoms with E-state index in [0.717, 1.165) is 23.9 Å². The van der Waals surface area contributed by atoms with Gasteiger partial charge in [-0.2, -0.15) is 0 Å². The fraction of sp³-hybridized carbons (Fsp3) is 0.381. The number of aromatic nitrogens is 1. The highest BCUT2D eigenvalue weighted by atomic mass is 16.3. The molecule has 1 N–H and O–H groups in total. The quantitative estimate of drug-likeness (QED) is 0.637. The molecule has 1 heterocycles. The Bertz CT molecular complexity index is 800. The lowest BCUT2D eigenvalue weighted by Crippen LogP contribution is -2.35. The van der Waals surface area contributed by atoms with E-state index in [1.54, 1.807) is 4.90 Å². The lowest BCUT2D eigenvalue weighted by molar-refractivity contribution is -0.119. The molecule has 4 nitrogen and oxygen atoms in total. The van der Waals surface area contributed by atoms with Crippen molar-refractivity contribution in [2.24, 2.45) is 5.92 Å². The zero-order chi connectivity index (χ0) is 17.8. The van der Waals surface area contributed by atoms with Gasteiger partial charge in [-0.25, -0.2) is 0 Å². The number of rotatable bonds is 8. The van der Waals surface area contributed by atoms with Crippen LogP contribution in [0.2, 0.25) is 0 Å². The van der Waals surface area contributed by atoms with Crippen LogP contribution in [0.3, 0.4) is 0 Å². The minimum absolute atomic E-state index is 0.358. The van der Waals surface area contributed by atoms with E-state index in [1.807, 2.05) is 24.3 Å². The number of amides is 1. The topological polar surface area (TPSA) is 45.5 Å². The molecular weight excluding hydrogens is 312 g/mol. The Labute approximate surface area is 148 Å². The van der Waals surface area contributed by atoms with Gasteiger partial charge in [-0.1, -0.05) is 50.2 Å². The standard InChI is InChI=1S/C21H26N2O2/c1-16(2)11-12-22(15-24)13-17(25)14-23-20-9-5-3-7-18(20)19-8-4-6-10-21(19)23/h3-10,15-17,25H,11-14H2,1-2H3/t17-/m0/s1. The Hall–Kier alpha value is -2.33. The van der Waals surface area contributed by atoms with Crippen molar-refractivity contribution in [3.8, 4) is 0 Å². The van der Waals surface area contributed by atoms with Crippen molar-refractivity contribution < 1.29 is 9.90 Å². The van der Waals surface area contributed by atoms with Crippen LogP contribution in [-0.4, -0.2) is 40.2 Å². The van der Waals surface area contributed by atoms with Gasteiger partial charge in [0.15, 0.2) is 0 Å². The summed E-state index contributed by atoms with van der Waals surface area (Å²) in [6.07, 6.45) is 1.19. The molecule has 0 aliphatic rings. The maximum Gasteiger partial charge on any atom is 0.209 e. The van der Waals surface area contributed by atoms with Crippen LogP contribution in [0.15, 0.2) is 48.5 Å². The molecule has 3 aromatic rings. The molecule has 0 bridgehead atoms. The number of hydrogen-bond donors (Lipinski definition) is 1. The van der Waals surface area contributed by atoms with E-state index in [0.29, 0.717) is 25.6 Å². The van der Waals surface area contributed by atoms with Gasteiger partial charge in [0.25, 0.3) is 0 Å². The summed E-state index contributed by atoms with van der Waals surface area (Å²) >= 11 is 0. The molecule has 1 atom stereocenters. The molecule has 1 aromatic heterocycles. The van der Waals surface area contributed by atoms with Gasteiger partial charge in [0.05, 0.1) is 12.6 Å². The second kappa shape index (κ2) is 7.70. The number of fused-ring (bicyclic) bond motifs is 3. The molecule has 25 heavy (non-hydrogen) atoms. The normalized spacial score (nSPS) is 12.8. The molecule has 132 valence electrons. The molecular formula is C21H26N2O2. The second-order valence-corrected chi connectivity index (χ2v) is 7.08. The van der Waals surface area contributed by atoms with Crippen LogP contribution in [0.4, 0.5) is 0 Å². The third-order valence-corrected chi connectivity index (χ3v) is 4.66. The van der Waals surface area contributed by atoms with Gasteiger partial charge in [0.1, 0.15) is 0 Å². The van der Waals surface area contributed by atoms with Crippen molar-refractivity contribution in [3.05, 3.63) is 48.5 Å². The number of aliphatic hydroxyl groups excluding tert-OH is 1. The van der Waals surface area contributed by atoms with Crippen LogP contribution in [0.25, 0.3) is 21.8 Å². The number of aliphatic hydroxyl groups is 1. The highest BCUT2D eigenvalue weighted by Gasteiger charge is 2.15. The van der Waals surface area contributed by atoms with Crippen LogP contribution in [-0.2, 0) is 11.3 Å². The van der Waals surface area contributed by atoms with E-state index in [2.05, 4.69) is 42.7 Å². The summed E-state index contributed by atoms with van der Waals surface area (Å²) in [6, 6.07) is 16.5. The molecule has 2 aromatic carbocycles. The molecule has 0 aliphatic heterocycles. The zero-order valence-electron chi connectivity index (χ0n) is 14.9. The molecule has 1 amide bonds. The zero-order valence-corrected chi connectivity index (χ0v) is 14.9. The fourth-order valence-corrected chi connectivity index (χ4v) is 3.35. The highest BCUT2D eigenvalue weighted by Crippen LogP contribution is 2.28. The second-order valence-electron chi connectivity index (χ2n) is 7.08. The van der Waals surface area contributed by atoms with Crippen molar-refractivity contribution in [3.63, 3.8) is 0 Å². The van der Waals surface area contributed by atoms with Gasteiger partial charge in [-0.3, -0.25) is 4.79 Å². The van der Waals surface area contributed by atoms with Crippen molar-refractivity contribution in [2.75, 3.05) is 13.1 Å². The molecule has 4 heteroatoms. The summed E-state index contributed by atoms with van der Waals surface area (Å²) in [6.45, 7) is 5.79. The van der Waals surface area contributed by atoms with Gasteiger partial charge in [-0.15, -0.1) is 0 Å². The number of benzene rings is 2. The largest absolute Gasteiger partial charge is 0.389 e. The number of carbonyl (C=O) groups is 1. The first kappa shape index (κ1) is 17.5. The van der Waals surface area contributed by atoms with Gasteiger partial charge >= 0.3 is 0 Å². The molecule has 0 radical (unpaired) electrons. The van der Waals surface area contributed by atoms with Crippen LogP contribution in [0.5, 0.6) is 0 Å². The number of carbonyl (C=O) groups excluding carboxylic acids is 1. The lowest BCUT2D eigenvalue weighted by atomic mass is 10.1. The van der Waals surface area contributed by atoms with Crippen molar-refractivity contribution in [1.29, 1.82) is 0 Å². The minimum atomic E-state index is -0.600. The molecule has 3 rings (SSSR count). The molecule has 0 saturated carbocycles. The van der Waals surface area contributed by atoms with E-state index < -0.39 is 6.10 Å². The predicted molar refractivity (Wildman–Crippen MR) is 103 cm³/mol. The summed E-state index contributed by atoms with van der Waals surface area (Å²) in [5.41, 5.74) is 2.23. The van der Waals surface area contributed by atoms with Crippen molar-refractivity contribution in [1.82, 2.24) is 9.47 Å². The summed E-state index contributed by atoms with van der Waals surface area (Å²) in [4.78, 5) is 13.0. The van der Waals surface area contributed by atoms with Gasteiger partial charge in [0, 0.05) is 34.9 Å². The SMILES string of the molecule is CC(C)CCN(C=O)C[C@H](O)Cn1c2ccccc2c2ccccc21. The summed E-state index contributed by atoms with van der Waals surface area (Å²) in [7, 11) is 0. The first-order valence-electron chi connectivity index (χ1n) is 8.93. The first-order valence-corrected chi connectivity index (χ1v) is 8.93. The van der Waals surface area contributed by atoms with E-state index in [4.69, 9.17) is 0 Å². The van der Waals surface area contributed by atoms with Crippen molar-refractivity contribution in [2.45, 2.75) is 32.9 Å². The fourth-order valence-electron chi connectivity index (χ4n) is 3.35. The molecule has 0 fully saturated rings. The molecule has 0 spiro atoms. The maximum atomic E-state index is 11.3. The Morgan fingerprint density at radius 1 is 1.04 bits per heavy atom. The third-order valence-electron chi connectivity index (χ3n) is 4.66. The molecule has 0 aliphatic carbocycles. The van der Waals surface area contributed by atoms with Crippen LogP contribution < -0.4 is 0 Å². The minimum Gasteiger partial charge on any atom is -0.389 e. The first-order chi connectivity index (χ1) is 12.1. The van der Waals surface area contributed by atoms with Crippen LogP contribution in [0.1, 0.15) is 20.3 Å². The molecule has 0 unspecified atom stereocenters. The monoisotopic (exact) mass is 338 g/mol. The summed E-state index contributed by atoms with van der Waals surface area (Å²) in [5.74, 6) is 0.539. The van der Waals surface area contributed by atoms with Gasteiger partial charge in [0.2, 0.25) is 6.41 Å². The van der Waals surface area contributed by atoms with Crippen LogP contribution in [0, 0.1) is 5.92 Å². The maximum absolute atomic E-state index is 11.3. The average Bonchev–Trinajstić information content (AvgIpc) is 2.93. The van der Waals surface area contributed by atoms with E-state index in [1.165, 1.54) is 10.8 Å². The number of nitrogens with zero attached hydrogens (tertiary/aromatic N) is 2.